The number of rotatable bonds is 8. The lowest BCUT2D eigenvalue weighted by molar-refractivity contribution is -0.120. The fourth-order valence-electron chi connectivity index (χ4n) is 2.66. The summed E-state index contributed by atoms with van der Waals surface area (Å²) in [5.74, 6) is 0.0862. The van der Waals surface area contributed by atoms with Crippen molar-refractivity contribution in [2.24, 2.45) is 0 Å². The smallest absolute Gasteiger partial charge is 0.221 e. The van der Waals surface area contributed by atoms with Gasteiger partial charge in [0.1, 0.15) is 0 Å². The first-order chi connectivity index (χ1) is 11.6. The molecule has 0 saturated heterocycles. The van der Waals surface area contributed by atoms with Gasteiger partial charge < -0.3 is 10.2 Å². The van der Waals surface area contributed by atoms with Crippen LogP contribution in [0.1, 0.15) is 24.5 Å². The number of nitrogens with one attached hydrogen (secondary N) is 1. The monoisotopic (exact) mass is 344 g/mol. The third-order valence-electron chi connectivity index (χ3n) is 3.98. The molecule has 0 heterocycles. The first-order valence-corrected chi connectivity index (χ1v) is 8.79. The molecule has 0 fully saturated rings. The van der Waals surface area contributed by atoms with Gasteiger partial charge >= 0.3 is 0 Å². The van der Waals surface area contributed by atoms with Crippen LogP contribution in [-0.2, 0) is 11.2 Å². The maximum Gasteiger partial charge on any atom is 0.221 e. The highest BCUT2D eigenvalue weighted by Crippen LogP contribution is 2.16. The molecule has 3 nitrogen and oxygen atoms in total. The quantitative estimate of drug-likeness (QED) is 0.777. The Labute approximate surface area is 149 Å². The molecule has 0 aliphatic rings. The minimum absolute atomic E-state index is 0.0862. The van der Waals surface area contributed by atoms with E-state index < -0.39 is 0 Å². The Morgan fingerprint density at radius 2 is 1.96 bits per heavy atom. The highest BCUT2D eigenvalue weighted by Gasteiger charge is 2.08. The van der Waals surface area contributed by atoms with Crippen LogP contribution < -0.4 is 10.2 Å². The van der Waals surface area contributed by atoms with E-state index in [2.05, 4.69) is 48.3 Å². The number of carbonyl (C=O) groups excluding carboxylic acids is 1. The van der Waals surface area contributed by atoms with Gasteiger partial charge in [0.05, 0.1) is 0 Å². The van der Waals surface area contributed by atoms with Crippen LogP contribution in [-0.4, -0.2) is 25.5 Å². The standard InChI is InChI=1S/C20H25ClN2O/c1-3-23(19-9-4-6-16(2)14-19)13-11-20(24)22-12-10-17-7-5-8-18(21)15-17/h4-9,14-15H,3,10-13H2,1-2H3,(H,22,24). The van der Waals surface area contributed by atoms with Gasteiger partial charge in [-0.1, -0.05) is 35.9 Å². The van der Waals surface area contributed by atoms with Gasteiger partial charge in [-0.3, -0.25) is 4.79 Å². The molecule has 0 atom stereocenters. The molecule has 2 rings (SSSR count). The molecule has 0 spiro atoms. The number of halogens is 1. The largest absolute Gasteiger partial charge is 0.371 e. The van der Waals surface area contributed by atoms with Crippen molar-refractivity contribution in [2.75, 3.05) is 24.5 Å². The summed E-state index contributed by atoms with van der Waals surface area (Å²) < 4.78 is 0. The molecule has 2 aromatic rings. The summed E-state index contributed by atoms with van der Waals surface area (Å²) >= 11 is 5.96. The van der Waals surface area contributed by atoms with Crippen LogP contribution >= 0.6 is 11.6 Å². The molecule has 0 saturated carbocycles. The predicted molar refractivity (Wildman–Crippen MR) is 102 cm³/mol. The van der Waals surface area contributed by atoms with Crippen LogP contribution in [0.4, 0.5) is 5.69 Å². The highest BCUT2D eigenvalue weighted by molar-refractivity contribution is 6.30. The van der Waals surface area contributed by atoms with Gasteiger partial charge in [-0.25, -0.2) is 0 Å². The van der Waals surface area contributed by atoms with Gasteiger partial charge in [-0.2, -0.15) is 0 Å². The van der Waals surface area contributed by atoms with Crippen LogP contribution in [0.25, 0.3) is 0 Å². The van der Waals surface area contributed by atoms with E-state index in [1.165, 1.54) is 11.3 Å². The van der Waals surface area contributed by atoms with E-state index in [1.807, 2.05) is 24.3 Å². The zero-order chi connectivity index (χ0) is 17.4. The van der Waals surface area contributed by atoms with E-state index in [9.17, 15) is 4.79 Å². The second-order valence-electron chi connectivity index (χ2n) is 5.90. The molecule has 0 aliphatic carbocycles. The predicted octanol–water partition coefficient (Wildman–Crippen LogP) is 4.22. The number of anilines is 1. The summed E-state index contributed by atoms with van der Waals surface area (Å²) in [6, 6.07) is 16.1. The van der Waals surface area contributed by atoms with Gasteiger partial charge in [-0.15, -0.1) is 0 Å². The molecule has 0 aliphatic heterocycles. The molecule has 1 amide bonds. The Hall–Kier alpha value is -2.00. The van der Waals surface area contributed by atoms with Crippen molar-refractivity contribution in [3.63, 3.8) is 0 Å². The third kappa shape index (κ3) is 5.89. The Morgan fingerprint density at radius 1 is 1.17 bits per heavy atom. The summed E-state index contributed by atoms with van der Waals surface area (Å²) in [6.45, 7) is 6.44. The summed E-state index contributed by atoms with van der Waals surface area (Å²) in [7, 11) is 0. The zero-order valence-electron chi connectivity index (χ0n) is 14.4. The second kappa shape index (κ2) is 9.33. The molecule has 0 radical (unpaired) electrons. The van der Waals surface area contributed by atoms with Crippen LogP contribution in [0, 0.1) is 6.92 Å². The number of amides is 1. The van der Waals surface area contributed by atoms with Crippen LogP contribution in [0.2, 0.25) is 5.02 Å². The Bertz CT molecular complexity index is 672. The van der Waals surface area contributed by atoms with Crippen LogP contribution in [0.15, 0.2) is 48.5 Å². The molecule has 0 unspecified atom stereocenters. The molecule has 24 heavy (non-hydrogen) atoms. The van der Waals surface area contributed by atoms with E-state index >= 15 is 0 Å². The third-order valence-corrected chi connectivity index (χ3v) is 4.22. The van der Waals surface area contributed by atoms with Gasteiger partial charge in [0.15, 0.2) is 0 Å². The number of benzene rings is 2. The number of aryl methyl sites for hydroxylation is 1. The van der Waals surface area contributed by atoms with Crippen molar-refractivity contribution >= 4 is 23.2 Å². The highest BCUT2D eigenvalue weighted by atomic mass is 35.5. The number of carbonyl (C=O) groups is 1. The lowest BCUT2D eigenvalue weighted by Gasteiger charge is -2.23. The van der Waals surface area contributed by atoms with E-state index in [1.54, 1.807) is 0 Å². The summed E-state index contributed by atoms with van der Waals surface area (Å²) in [4.78, 5) is 14.3. The zero-order valence-corrected chi connectivity index (χ0v) is 15.1. The maximum absolute atomic E-state index is 12.1. The van der Waals surface area contributed by atoms with Crippen molar-refractivity contribution in [1.82, 2.24) is 5.32 Å². The van der Waals surface area contributed by atoms with E-state index in [0.717, 1.165) is 30.1 Å². The van der Waals surface area contributed by atoms with Crippen LogP contribution in [0.5, 0.6) is 0 Å². The first kappa shape index (κ1) is 18.3. The molecule has 128 valence electrons. The number of hydrogen-bond acceptors (Lipinski definition) is 2. The van der Waals surface area contributed by atoms with Crippen molar-refractivity contribution in [3.8, 4) is 0 Å². The van der Waals surface area contributed by atoms with Gasteiger partial charge in [0, 0.05) is 36.8 Å². The Kier molecular flexibility index (Phi) is 7.13. The Balaban J connectivity index is 1.75. The first-order valence-electron chi connectivity index (χ1n) is 8.41. The summed E-state index contributed by atoms with van der Waals surface area (Å²) in [5, 5.41) is 3.72. The minimum Gasteiger partial charge on any atom is -0.371 e. The summed E-state index contributed by atoms with van der Waals surface area (Å²) in [5.41, 5.74) is 3.54. The van der Waals surface area contributed by atoms with Crippen molar-refractivity contribution < 1.29 is 4.79 Å². The van der Waals surface area contributed by atoms with Crippen LogP contribution in [0.3, 0.4) is 0 Å². The van der Waals surface area contributed by atoms with E-state index in [4.69, 9.17) is 11.6 Å². The van der Waals surface area contributed by atoms with Crippen molar-refractivity contribution in [3.05, 3.63) is 64.7 Å². The maximum atomic E-state index is 12.1. The summed E-state index contributed by atoms with van der Waals surface area (Å²) in [6.07, 6.45) is 1.29. The number of hydrogen-bond donors (Lipinski definition) is 1. The lowest BCUT2D eigenvalue weighted by atomic mass is 10.1. The Morgan fingerprint density at radius 3 is 2.67 bits per heavy atom. The minimum atomic E-state index is 0.0862. The van der Waals surface area contributed by atoms with Crippen molar-refractivity contribution in [2.45, 2.75) is 26.7 Å². The lowest BCUT2D eigenvalue weighted by Crippen LogP contribution is -2.31. The average Bonchev–Trinajstić information content (AvgIpc) is 2.55. The van der Waals surface area contributed by atoms with E-state index in [-0.39, 0.29) is 5.91 Å². The molecule has 4 heteroatoms. The molecule has 0 aromatic heterocycles. The van der Waals surface area contributed by atoms with Crippen molar-refractivity contribution in [1.29, 1.82) is 0 Å². The fraction of sp³-hybridized carbons (Fsp3) is 0.350. The fourth-order valence-corrected chi connectivity index (χ4v) is 2.87. The molecule has 2 aromatic carbocycles. The molecule has 0 bridgehead atoms. The van der Waals surface area contributed by atoms with Gasteiger partial charge in [0.25, 0.3) is 0 Å². The van der Waals surface area contributed by atoms with E-state index in [0.29, 0.717) is 13.0 Å². The second-order valence-corrected chi connectivity index (χ2v) is 6.33. The number of nitrogens with zero attached hydrogens (tertiary/aromatic N) is 1. The topological polar surface area (TPSA) is 32.3 Å². The van der Waals surface area contributed by atoms with Gasteiger partial charge in [-0.05, 0) is 55.7 Å². The SMILES string of the molecule is CCN(CCC(=O)NCCc1cccc(Cl)c1)c1cccc(C)c1. The molecular weight excluding hydrogens is 320 g/mol. The molecule has 1 N–H and O–H groups in total. The molecular formula is C20H25ClN2O. The average molecular weight is 345 g/mol. The normalized spacial score (nSPS) is 10.5. The van der Waals surface area contributed by atoms with Gasteiger partial charge in [0.2, 0.25) is 5.91 Å².